The molecular formula is C16H6F7I2N. The Hall–Kier alpha value is -1.10. The summed E-state index contributed by atoms with van der Waals surface area (Å²) in [4.78, 5) is 0. The van der Waals surface area contributed by atoms with Crippen molar-refractivity contribution in [1.82, 2.24) is 0 Å². The number of alkyl halides is 7. The molecule has 0 saturated carbocycles. The third kappa shape index (κ3) is 3.64. The largest absolute Gasteiger partial charge is 0.435 e. The van der Waals surface area contributed by atoms with Crippen molar-refractivity contribution in [2.24, 2.45) is 0 Å². The van der Waals surface area contributed by atoms with E-state index in [-0.39, 0.29) is 18.3 Å². The van der Waals surface area contributed by atoms with Crippen LogP contribution < -0.4 is 0 Å². The van der Waals surface area contributed by atoms with E-state index < -0.39 is 29.1 Å². The average molecular weight is 599 g/mol. The molecule has 2 aromatic carbocycles. The first-order chi connectivity index (χ1) is 11.8. The van der Waals surface area contributed by atoms with E-state index in [9.17, 15) is 30.7 Å². The molecule has 0 bridgehead atoms. The summed E-state index contributed by atoms with van der Waals surface area (Å²) >= 11 is 3.08. The SMILES string of the molecule is N#Cc1ccc(-c2c(I)cc(I)cc2C(F)(C(F)(F)F)C(F)(F)F)cc1. The molecule has 2 aromatic rings. The maximum absolute atomic E-state index is 14.7. The van der Waals surface area contributed by atoms with Gasteiger partial charge in [-0.3, -0.25) is 0 Å². The predicted octanol–water partition coefficient (Wildman–Crippen LogP) is 6.72. The molecule has 0 heterocycles. The Morgan fingerprint density at radius 2 is 1.31 bits per heavy atom. The fourth-order valence-corrected chi connectivity index (χ4v) is 4.47. The molecule has 0 saturated heterocycles. The van der Waals surface area contributed by atoms with Crippen molar-refractivity contribution in [1.29, 1.82) is 5.26 Å². The van der Waals surface area contributed by atoms with Crippen molar-refractivity contribution in [3.63, 3.8) is 0 Å². The van der Waals surface area contributed by atoms with Gasteiger partial charge in [-0.1, -0.05) is 12.1 Å². The van der Waals surface area contributed by atoms with Crippen molar-refractivity contribution in [3.8, 4) is 17.2 Å². The summed E-state index contributed by atoms with van der Waals surface area (Å²) in [5, 5.41) is 8.78. The van der Waals surface area contributed by atoms with Crippen LogP contribution in [-0.2, 0) is 5.67 Å². The van der Waals surface area contributed by atoms with Crippen LogP contribution >= 0.6 is 45.2 Å². The van der Waals surface area contributed by atoms with E-state index >= 15 is 0 Å². The molecule has 10 heteroatoms. The highest BCUT2D eigenvalue weighted by Gasteiger charge is 2.74. The monoisotopic (exact) mass is 599 g/mol. The molecule has 0 aliphatic heterocycles. The topological polar surface area (TPSA) is 23.8 Å². The van der Waals surface area contributed by atoms with Crippen molar-refractivity contribution in [2.45, 2.75) is 18.0 Å². The maximum atomic E-state index is 14.7. The molecule has 0 atom stereocenters. The Balaban J connectivity index is 2.90. The second-order valence-electron chi connectivity index (χ2n) is 5.15. The first-order valence-corrected chi connectivity index (χ1v) is 8.81. The normalized spacial score (nSPS) is 12.8. The number of nitrogens with zero attached hydrogens (tertiary/aromatic N) is 1. The van der Waals surface area contributed by atoms with Gasteiger partial charge >= 0.3 is 18.0 Å². The summed E-state index contributed by atoms with van der Waals surface area (Å²) in [6.45, 7) is 0. The van der Waals surface area contributed by atoms with E-state index in [1.54, 1.807) is 28.7 Å². The average Bonchev–Trinajstić information content (AvgIpc) is 2.51. The Morgan fingerprint density at radius 1 is 0.808 bits per heavy atom. The number of halogens is 9. The number of benzene rings is 2. The molecule has 0 aliphatic carbocycles. The van der Waals surface area contributed by atoms with Gasteiger partial charge in [-0.05, 0) is 75.0 Å². The zero-order valence-corrected chi connectivity index (χ0v) is 16.6. The molecule has 138 valence electrons. The molecule has 0 fully saturated rings. The molecular weight excluding hydrogens is 593 g/mol. The summed E-state index contributed by atoms with van der Waals surface area (Å²) in [6, 6.07) is 8.48. The second kappa shape index (κ2) is 7.14. The van der Waals surface area contributed by atoms with E-state index in [4.69, 9.17) is 5.26 Å². The molecule has 0 radical (unpaired) electrons. The van der Waals surface area contributed by atoms with Gasteiger partial charge in [0.05, 0.1) is 11.6 Å². The summed E-state index contributed by atoms with van der Waals surface area (Å²) in [6.07, 6.45) is -12.4. The third-order valence-corrected chi connectivity index (χ3v) is 4.98. The highest BCUT2D eigenvalue weighted by molar-refractivity contribution is 14.1. The van der Waals surface area contributed by atoms with Crippen molar-refractivity contribution in [3.05, 3.63) is 54.7 Å². The highest BCUT2D eigenvalue weighted by Crippen LogP contribution is 2.56. The quantitative estimate of drug-likeness (QED) is 0.278. The lowest BCUT2D eigenvalue weighted by Gasteiger charge is -2.32. The second-order valence-corrected chi connectivity index (χ2v) is 7.56. The van der Waals surface area contributed by atoms with Crippen LogP contribution in [0, 0.1) is 18.5 Å². The zero-order valence-electron chi connectivity index (χ0n) is 12.3. The Kier molecular flexibility index (Phi) is 5.82. The standard InChI is InChI=1S/C16H6F7I2N/c17-14(15(18,19)20,16(21,22)23)11-5-10(24)6-12(25)13(11)9-3-1-8(7-26)2-4-9/h1-6H. The van der Waals surface area contributed by atoms with Crippen LogP contribution in [0.1, 0.15) is 11.1 Å². The first-order valence-electron chi connectivity index (χ1n) is 6.65. The molecule has 0 aromatic heterocycles. The Morgan fingerprint density at radius 3 is 1.73 bits per heavy atom. The summed E-state index contributed by atoms with van der Waals surface area (Å²) in [7, 11) is 0. The Labute approximate surface area is 170 Å². The van der Waals surface area contributed by atoms with Gasteiger partial charge in [0.25, 0.3) is 0 Å². The van der Waals surface area contributed by atoms with Gasteiger partial charge in [-0.25, -0.2) is 4.39 Å². The van der Waals surface area contributed by atoms with E-state index in [0.29, 0.717) is 6.07 Å². The highest BCUT2D eigenvalue weighted by atomic mass is 127. The molecule has 0 unspecified atom stereocenters. The van der Waals surface area contributed by atoms with E-state index in [2.05, 4.69) is 0 Å². The fourth-order valence-electron chi connectivity index (χ4n) is 2.32. The van der Waals surface area contributed by atoms with Gasteiger partial charge in [-0.2, -0.15) is 31.6 Å². The molecule has 0 amide bonds. The van der Waals surface area contributed by atoms with Gasteiger partial charge in [-0.15, -0.1) is 0 Å². The van der Waals surface area contributed by atoms with Gasteiger partial charge in [0, 0.05) is 18.3 Å². The van der Waals surface area contributed by atoms with E-state index in [1.165, 1.54) is 52.9 Å². The molecule has 26 heavy (non-hydrogen) atoms. The summed E-state index contributed by atoms with van der Waals surface area (Å²) < 4.78 is 94.0. The van der Waals surface area contributed by atoms with Gasteiger partial charge in [0.1, 0.15) is 0 Å². The Bertz CT molecular complexity index is 850. The van der Waals surface area contributed by atoms with Crippen molar-refractivity contribution < 1.29 is 30.7 Å². The lowest BCUT2D eigenvalue weighted by atomic mass is 9.87. The van der Waals surface area contributed by atoms with E-state index in [0.717, 1.165) is 0 Å². The molecule has 0 spiro atoms. The lowest BCUT2D eigenvalue weighted by molar-refractivity contribution is -0.348. The minimum Gasteiger partial charge on any atom is -0.218 e. The fraction of sp³-hybridized carbons (Fsp3) is 0.188. The number of rotatable bonds is 2. The molecule has 1 nitrogen and oxygen atoms in total. The zero-order chi connectivity index (χ0) is 19.9. The predicted molar refractivity (Wildman–Crippen MR) is 96.9 cm³/mol. The minimum absolute atomic E-state index is 0.0183. The maximum Gasteiger partial charge on any atom is 0.435 e. The van der Waals surface area contributed by atoms with Crippen LogP contribution in [0.25, 0.3) is 11.1 Å². The molecule has 0 aliphatic rings. The van der Waals surface area contributed by atoms with Crippen LogP contribution in [0.2, 0.25) is 0 Å². The molecule has 0 N–H and O–H groups in total. The number of hydrogen-bond acceptors (Lipinski definition) is 1. The number of nitriles is 1. The summed E-state index contributed by atoms with van der Waals surface area (Å²) in [5.41, 5.74) is -7.49. The van der Waals surface area contributed by atoms with Crippen molar-refractivity contribution >= 4 is 45.2 Å². The van der Waals surface area contributed by atoms with Gasteiger partial charge in [0.15, 0.2) is 0 Å². The van der Waals surface area contributed by atoms with E-state index in [1.807, 2.05) is 0 Å². The lowest BCUT2D eigenvalue weighted by Crippen LogP contribution is -2.50. The van der Waals surface area contributed by atoms with Crippen LogP contribution in [-0.4, -0.2) is 12.4 Å². The van der Waals surface area contributed by atoms with Crippen LogP contribution in [0.4, 0.5) is 30.7 Å². The van der Waals surface area contributed by atoms with Crippen molar-refractivity contribution in [2.75, 3.05) is 0 Å². The van der Waals surface area contributed by atoms with Gasteiger partial charge < -0.3 is 0 Å². The minimum atomic E-state index is -6.21. The molecule has 2 rings (SSSR count). The van der Waals surface area contributed by atoms with Crippen LogP contribution in [0.5, 0.6) is 0 Å². The third-order valence-electron chi connectivity index (χ3n) is 3.51. The van der Waals surface area contributed by atoms with Gasteiger partial charge in [0.2, 0.25) is 0 Å². The summed E-state index contributed by atoms with van der Waals surface area (Å²) in [5.74, 6) is 0. The smallest absolute Gasteiger partial charge is 0.218 e. The van der Waals surface area contributed by atoms with Crippen LogP contribution in [0.3, 0.4) is 0 Å². The van der Waals surface area contributed by atoms with Crippen LogP contribution in [0.15, 0.2) is 36.4 Å². The number of hydrogen-bond donors (Lipinski definition) is 0. The first kappa shape index (κ1) is 21.2.